The number of pyridine rings is 1. The molecule has 0 N–H and O–H groups in total. The van der Waals surface area contributed by atoms with Crippen molar-refractivity contribution in [1.82, 2.24) is 9.55 Å². The number of hydrogen-bond donors (Lipinski definition) is 0. The van der Waals surface area contributed by atoms with E-state index in [0.29, 0.717) is 0 Å². The average Bonchev–Trinajstić information content (AvgIpc) is 3.14. The Morgan fingerprint density at radius 2 is 1.38 bits per heavy atom. The molecule has 0 saturated carbocycles. The van der Waals surface area contributed by atoms with Gasteiger partial charge in [-0.25, -0.2) is 0 Å². The second kappa shape index (κ2) is 6.08. The number of aromatic nitrogens is 2. The van der Waals surface area contributed by atoms with E-state index >= 15 is 0 Å². The fraction of sp³-hybridized carbons (Fsp3) is 0.100. The van der Waals surface area contributed by atoms with Crippen LogP contribution in [0.1, 0.15) is 25.0 Å². The number of fused-ring (bicyclic) bond motifs is 3. The summed E-state index contributed by atoms with van der Waals surface area (Å²) in [5.74, 6) is 0. The van der Waals surface area contributed by atoms with Gasteiger partial charge in [0, 0.05) is 33.6 Å². The second-order valence-corrected chi connectivity index (χ2v) is 9.29. The molecule has 6 aromatic rings. The summed E-state index contributed by atoms with van der Waals surface area (Å²) in [6.45, 7) is 4.71. The maximum Gasteiger partial charge on any atom is 0.0805 e. The molecule has 1 aliphatic carbocycles. The molecule has 2 heteroatoms. The highest BCUT2D eigenvalue weighted by Crippen LogP contribution is 2.50. The van der Waals surface area contributed by atoms with Crippen LogP contribution >= 0.6 is 0 Å². The van der Waals surface area contributed by atoms with E-state index < -0.39 is 0 Å². The second-order valence-electron chi connectivity index (χ2n) is 9.29. The van der Waals surface area contributed by atoms with Crippen LogP contribution in [0.3, 0.4) is 0 Å². The standard InChI is InChI=1S/C30H22N2/c1-30(2)23-13-8-14-25-27(23)28-26(32(25)21-11-4-3-5-12-21)15-16-31-29(28)22-17-19-9-6-7-10-20(19)18-24(22)30/h3-18H,1-2H3. The highest BCUT2D eigenvalue weighted by molar-refractivity contribution is 6.18. The van der Waals surface area contributed by atoms with Gasteiger partial charge in [0.15, 0.2) is 0 Å². The van der Waals surface area contributed by atoms with Gasteiger partial charge in [-0.1, -0.05) is 68.4 Å². The van der Waals surface area contributed by atoms with Gasteiger partial charge in [0.1, 0.15) is 0 Å². The van der Waals surface area contributed by atoms with Gasteiger partial charge in [-0.3, -0.25) is 4.98 Å². The van der Waals surface area contributed by atoms with Crippen molar-refractivity contribution in [2.75, 3.05) is 0 Å². The lowest BCUT2D eigenvalue weighted by Gasteiger charge is -2.28. The number of para-hydroxylation sites is 1. The van der Waals surface area contributed by atoms with Crippen molar-refractivity contribution < 1.29 is 0 Å². The molecule has 152 valence electrons. The Labute approximate surface area is 186 Å². The summed E-state index contributed by atoms with van der Waals surface area (Å²) < 4.78 is 2.39. The predicted octanol–water partition coefficient (Wildman–Crippen LogP) is 7.64. The normalized spacial score (nSPS) is 14.2. The van der Waals surface area contributed by atoms with Crippen LogP contribution in [-0.2, 0) is 5.41 Å². The summed E-state index contributed by atoms with van der Waals surface area (Å²) in [6.07, 6.45) is 1.97. The Morgan fingerprint density at radius 1 is 0.656 bits per heavy atom. The summed E-state index contributed by atoms with van der Waals surface area (Å²) in [7, 11) is 0. The van der Waals surface area contributed by atoms with E-state index in [-0.39, 0.29) is 5.41 Å². The number of nitrogens with zero attached hydrogens (tertiary/aromatic N) is 2. The first-order valence-corrected chi connectivity index (χ1v) is 11.2. The van der Waals surface area contributed by atoms with Crippen LogP contribution in [0, 0.1) is 0 Å². The summed E-state index contributed by atoms with van der Waals surface area (Å²) in [5, 5.41) is 5.11. The van der Waals surface area contributed by atoms with E-state index in [4.69, 9.17) is 4.98 Å². The van der Waals surface area contributed by atoms with Crippen LogP contribution in [0.4, 0.5) is 0 Å². The highest BCUT2D eigenvalue weighted by Gasteiger charge is 2.34. The van der Waals surface area contributed by atoms with Crippen molar-refractivity contribution >= 4 is 32.6 Å². The first kappa shape index (κ1) is 17.7. The molecule has 0 spiro atoms. The van der Waals surface area contributed by atoms with Crippen molar-refractivity contribution in [2.24, 2.45) is 0 Å². The van der Waals surface area contributed by atoms with E-state index in [0.717, 1.165) is 5.69 Å². The van der Waals surface area contributed by atoms with Crippen molar-refractivity contribution in [3.8, 4) is 16.9 Å². The molecule has 0 atom stereocenters. The van der Waals surface area contributed by atoms with Crippen LogP contribution in [0.25, 0.3) is 49.5 Å². The lowest BCUT2D eigenvalue weighted by atomic mass is 9.75. The van der Waals surface area contributed by atoms with Gasteiger partial charge in [0.2, 0.25) is 0 Å². The molecule has 0 aliphatic heterocycles. The molecule has 7 rings (SSSR count). The van der Waals surface area contributed by atoms with Gasteiger partial charge in [-0.2, -0.15) is 0 Å². The van der Waals surface area contributed by atoms with Crippen molar-refractivity contribution in [1.29, 1.82) is 0 Å². The Hall–Kier alpha value is -3.91. The van der Waals surface area contributed by atoms with Crippen LogP contribution < -0.4 is 0 Å². The first-order valence-electron chi connectivity index (χ1n) is 11.2. The molecule has 2 aromatic heterocycles. The Bertz CT molecular complexity index is 1690. The van der Waals surface area contributed by atoms with E-state index in [1.165, 1.54) is 55.0 Å². The molecule has 1 aliphatic rings. The van der Waals surface area contributed by atoms with E-state index in [1.54, 1.807) is 0 Å². The third-order valence-electron chi connectivity index (χ3n) is 7.21. The lowest BCUT2D eigenvalue weighted by Crippen LogP contribution is -2.19. The summed E-state index contributed by atoms with van der Waals surface area (Å²) in [6, 6.07) is 32.9. The Balaban J connectivity index is 1.74. The van der Waals surface area contributed by atoms with Gasteiger partial charge in [0.25, 0.3) is 0 Å². The quantitative estimate of drug-likeness (QED) is 0.272. The van der Waals surface area contributed by atoms with Gasteiger partial charge >= 0.3 is 0 Å². The molecule has 0 amide bonds. The molecule has 0 fully saturated rings. The van der Waals surface area contributed by atoms with Crippen molar-refractivity contribution in [3.63, 3.8) is 0 Å². The largest absolute Gasteiger partial charge is 0.309 e. The molecule has 2 heterocycles. The summed E-state index contributed by atoms with van der Waals surface area (Å²) >= 11 is 0. The molecule has 0 unspecified atom stereocenters. The average molecular weight is 411 g/mol. The van der Waals surface area contributed by atoms with E-state index in [9.17, 15) is 0 Å². The Morgan fingerprint density at radius 3 is 2.19 bits per heavy atom. The van der Waals surface area contributed by atoms with Gasteiger partial charge in [0.05, 0.1) is 16.7 Å². The zero-order valence-corrected chi connectivity index (χ0v) is 18.1. The molecule has 32 heavy (non-hydrogen) atoms. The number of benzene rings is 4. The summed E-state index contributed by atoms with van der Waals surface area (Å²) in [4.78, 5) is 4.99. The minimum Gasteiger partial charge on any atom is -0.309 e. The number of hydrogen-bond acceptors (Lipinski definition) is 1. The number of rotatable bonds is 1. The maximum atomic E-state index is 4.99. The fourth-order valence-electron chi connectivity index (χ4n) is 5.68. The van der Waals surface area contributed by atoms with Crippen LogP contribution in [-0.4, -0.2) is 9.55 Å². The first-order chi connectivity index (χ1) is 15.6. The fourth-order valence-corrected chi connectivity index (χ4v) is 5.68. The minimum atomic E-state index is -0.157. The monoisotopic (exact) mass is 410 g/mol. The molecule has 4 aromatic carbocycles. The van der Waals surface area contributed by atoms with Crippen LogP contribution in [0.5, 0.6) is 0 Å². The zero-order chi connectivity index (χ0) is 21.4. The van der Waals surface area contributed by atoms with Gasteiger partial charge in [-0.15, -0.1) is 0 Å². The van der Waals surface area contributed by atoms with Gasteiger partial charge in [-0.05, 0) is 58.3 Å². The minimum absolute atomic E-state index is 0.157. The van der Waals surface area contributed by atoms with Crippen LogP contribution in [0.15, 0.2) is 97.2 Å². The third-order valence-corrected chi connectivity index (χ3v) is 7.21. The SMILES string of the molecule is CC1(C)c2cc3ccccc3cc2-c2nccc3c2c2c1cccc2n3-c1ccccc1. The summed E-state index contributed by atoms with van der Waals surface area (Å²) in [5.41, 5.74) is 8.49. The third kappa shape index (κ3) is 2.17. The van der Waals surface area contributed by atoms with E-state index in [2.05, 4.69) is 109 Å². The molecule has 2 nitrogen and oxygen atoms in total. The molecular weight excluding hydrogens is 388 g/mol. The van der Waals surface area contributed by atoms with Crippen molar-refractivity contribution in [3.05, 3.63) is 108 Å². The molecule has 0 bridgehead atoms. The van der Waals surface area contributed by atoms with Gasteiger partial charge < -0.3 is 4.57 Å². The molecule has 0 radical (unpaired) electrons. The maximum absolute atomic E-state index is 4.99. The van der Waals surface area contributed by atoms with E-state index in [1.807, 2.05) is 6.20 Å². The lowest BCUT2D eigenvalue weighted by molar-refractivity contribution is 0.651. The molecule has 0 saturated heterocycles. The van der Waals surface area contributed by atoms with Crippen molar-refractivity contribution in [2.45, 2.75) is 19.3 Å². The van der Waals surface area contributed by atoms with Crippen LogP contribution in [0.2, 0.25) is 0 Å². The Kier molecular flexibility index (Phi) is 3.37. The zero-order valence-electron chi connectivity index (χ0n) is 18.1. The predicted molar refractivity (Wildman–Crippen MR) is 134 cm³/mol. The smallest absolute Gasteiger partial charge is 0.0805 e. The highest BCUT2D eigenvalue weighted by atomic mass is 15.0. The topological polar surface area (TPSA) is 17.8 Å². The molecular formula is C30H22N2.